The topological polar surface area (TPSA) is 95.6 Å². The summed E-state index contributed by atoms with van der Waals surface area (Å²) in [5.74, 6) is -0.754. The molecule has 150 valence electrons. The van der Waals surface area contributed by atoms with Gasteiger partial charge in [-0.2, -0.15) is 0 Å². The molecule has 0 radical (unpaired) electrons. The predicted molar refractivity (Wildman–Crippen MR) is 108 cm³/mol. The van der Waals surface area contributed by atoms with Gasteiger partial charge in [-0.15, -0.1) is 0 Å². The highest BCUT2D eigenvalue weighted by molar-refractivity contribution is 7.89. The zero-order valence-corrected chi connectivity index (χ0v) is 17.2. The Morgan fingerprint density at radius 3 is 2.36 bits per heavy atom. The maximum absolute atomic E-state index is 12.3. The Labute approximate surface area is 169 Å². The maximum atomic E-state index is 12.3. The quantitative estimate of drug-likeness (QED) is 0.679. The molecule has 7 nitrogen and oxygen atoms in total. The van der Waals surface area contributed by atoms with Gasteiger partial charge in [0.15, 0.2) is 0 Å². The first kappa shape index (κ1) is 21.9. The van der Waals surface area contributed by atoms with Crippen molar-refractivity contribution in [2.24, 2.45) is 0 Å². The summed E-state index contributed by atoms with van der Waals surface area (Å²) in [7, 11) is -0.886. The van der Waals surface area contributed by atoms with Crippen LogP contribution < -0.4 is 10.6 Å². The number of hydrogen-bond donors (Lipinski definition) is 2. The van der Waals surface area contributed by atoms with E-state index in [9.17, 15) is 18.0 Å². The molecule has 0 aliphatic carbocycles. The summed E-state index contributed by atoms with van der Waals surface area (Å²) < 4.78 is 25.5. The Morgan fingerprint density at radius 2 is 1.71 bits per heavy atom. The summed E-state index contributed by atoms with van der Waals surface area (Å²) in [5.41, 5.74) is 1.01. The Kier molecular flexibility index (Phi) is 7.56. The van der Waals surface area contributed by atoms with Crippen LogP contribution in [-0.4, -0.2) is 45.2 Å². The lowest BCUT2D eigenvalue weighted by atomic mass is 10.2. The standard InChI is InChI=1S/C19H22ClN3O4S/c1-23(2)28(26,27)15-8-9-17(20)16(12-15)19(25)21-11-10-18(24)22-13-14-6-4-3-5-7-14/h3-9,12H,10-11,13H2,1-2H3,(H,21,25)(H,22,24). The molecule has 0 spiro atoms. The van der Waals surface area contributed by atoms with Gasteiger partial charge in [-0.1, -0.05) is 41.9 Å². The fourth-order valence-corrected chi connectivity index (χ4v) is 3.45. The van der Waals surface area contributed by atoms with Crippen LogP contribution in [0.2, 0.25) is 5.02 Å². The van der Waals surface area contributed by atoms with Crippen LogP contribution in [0.5, 0.6) is 0 Å². The first-order valence-electron chi connectivity index (χ1n) is 8.52. The van der Waals surface area contributed by atoms with E-state index in [2.05, 4.69) is 10.6 Å². The summed E-state index contributed by atoms with van der Waals surface area (Å²) in [6.07, 6.45) is 0.0892. The fourth-order valence-electron chi connectivity index (χ4n) is 2.32. The van der Waals surface area contributed by atoms with Gasteiger partial charge in [0.1, 0.15) is 0 Å². The molecule has 28 heavy (non-hydrogen) atoms. The minimum atomic E-state index is -3.69. The average molecular weight is 424 g/mol. The molecule has 0 aliphatic heterocycles. The summed E-state index contributed by atoms with van der Waals surface area (Å²) in [6, 6.07) is 13.4. The minimum Gasteiger partial charge on any atom is -0.352 e. The fraction of sp³-hybridized carbons (Fsp3) is 0.263. The molecule has 0 aromatic heterocycles. The maximum Gasteiger partial charge on any atom is 0.252 e. The van der Waals surface area contributed by atoms with Crippen LogP contribution in [0, 0.1) is 0 Å². The van der Waals surface area contributed by atoms with Crippen LogP contribution >= 0.6 is 11.6 Å². The van der Waals surface area contributed by atoms with Crippen molar-refractivity contribution in [2.45, 2.75) is 17.9 Å². The zero-order chi connectivity index (χ0) is 20.7. The highest BCUT2D eigenvalue weighted by Crippen LogP contribution is 2.22. The van der Waals surface area contributed by atoms with Gasteiger partial charge in [-0.3, -0.25) is 9.59 Å². The molecule has 2 aromatic carbocycles. The lowest BCUT2D eigenvalue weighted by Crippen LogP contribution is -2.31. The summed E-state index contributed by atoms with van der Waals surface area (Å²) in [5, 5.41) is 5.48. The largest absolute Gasteiger partial charge is 0.352 e. The van der Waals surface area contributed by atoms with E-state index in [4.69, 9.17) is 11.6 Å². The van der Waals surface area contributed by atoms with Gasteiger partial charge < -0.3 is 10.6 Å². The monoisotopic (exact) mass is 423 g/mol. The molecule has 0 unspecified atom stereocenters. The van der Waals surface area contributed by atoms with Crippen molar-refractivity contribution in [3.63, 3.8) is 0 Å². The highest BCUT2D eigenvalue weighted by Gasteiger charge is 2.20. The molecule has 0 bridgehead atoms. The van der Waals surface area contributed by atoms with Crippen molar-refractivity contribution in [2.75, 3.05) is 20.6 Å². The lowest BCUT2D eigenvalue weighted by Gasteiger charge is -2.13. The van der Waals surface area contributed by atoms with Gasteiger partial charge in [0.25, 0.3) is 5.91 Å². The number of halogens is 1. The van der Waals surface area contributed by atoms with Crippen molar-refractivity contribution < 1.29 is 18.0 Å². The molecule has 0 saturated heterocycles. The number of sulfonamides is 1. The van der Waals surface area contributed by atoms with E-state index in [0.717, 1.165) is 9.87 Å². The number of benzene rings is 2. The van der Waals surface area contributed by atoms with Crippen molar-refractivity contribution in [1.82, 2.24) is 14.9 Å². The molecule has 2 N–H and O–H groups in total. The van der Waals surface area contributed by atoms with E-state index in [1.54, 1.807) is 0 Å². The van der Waals surface area contributed by atoms with Crippen molar-refractivity contribution in [3.05, 3.63) is 64.7 Å². The van der Waals surface area contributed by atoms with Gasteiger partial charge in [-0.25, -0.2) is 12.7 Å². The number of hydrogen-bond acceptors (Lipinski definition) is 4. The molecule has 0 atom stereocenters. The lowest BCUT2D eigenvalue weighted by molar-refractivity contribution is -0.121. The minimum absolute atomic E-state index is 0.0346. The van der Waals surface area contributed by atoms with Crippen LogP contribution in [0.4, 0.5) is 0 Å². The van der Waals surface area contributed by atoms with E-state index in [0.29, 0.717) is 6.54 Å². The average Bonchev–Trinajstić information content (AvgIpc) is 2.67. The molecular weight excluding hydrogens is 402 g/mol. The van der Waals surface area contributed by atoms with E-state index in [1.807, 2.05) is 30.3 Å². The van der Waals surface area contributed by atoms with E-state index < -0.39 is 15.9 Å². The van der Waals surface area contributed by atoms with Gasteiger partial charge in [-0.05, 0) is 23.8 Å². The molecule has 2 rings (SSSR count). The van der Waals surface area contributed by atoms with Crippen LogP contribution in [0.25, 0.3) is 0 Å². The number of rotatable bonds is 8. The third kappa shape index (κ3) is 5.79. The summed E-state index contributed by atoms with van der Waals surface area (Å²) in [6.45, 7) is 0.504. The van der Waals surface area contributed by atoms with Crippen molar-refractivity contribution >= 4 is 33.4 Å². The third-order valence-electron chi connectivity index (χ3n) is 3.93. The second kappa shape index (κ2) is 9.68. The molecule has 0 heterocycles. The number of amides is 2. The van der Waals surface area contributed by atoms with Gasteiger partial charge in [0, 0.05) is 33.6 Å². The number of carbonyl (C=O) groups excluding carboxylic acids is 2. The van der Waals surface area contributed by atoms with E-state index in [-0.39, 0.29) is 34.4 Å². The van der Waals surface area contributed by atoms with Crippen LogP contribution in [0.3, 0.4) is 0 Å². The summed E-state index contributed by atoms with van der Waals surface area (Å²) >= 11 is 6.03. The van der Waals surface area contributed by atoms with Crippen molar-refractivity contribution in [3.8, 4) is 0 Å². The normalized spacial score (nSPS) is 11.3. The second-order valence-electron chi connectivity index (χ2n) is 6.20. The molecule has 0 saturated carbocycles. The predicted octanol–water partition coefficient (Wildman–Crippen LogP) is 2.03. The number of carbonyl (C=O) groups is 2. The van der Waals surface area contributed by atoms with Gasteiger partial charge in [0.05, 0.1) is 15.5 Å². The first-order chi connectivity index (χ1) is 13.2. The Hall–Kier alpha value is -2.42. The Bertz CT molecular complexity index is 947. The van der Waals surface area contributed by atoms with Crippen LogP contribution in [-0.2, 0) is 21.4 Å². The molecule has 2 aromatic rings. The number of nitrogens with zero attached hydrogens (tertiary/aromatic N) is 1. The molecular formula is C19H22ClN3O4S. The highest BCUT2D eigenvalue weighted by atomic mass is 35.5. The summed E-state index contributed by atoms with van der Waals surface area (Å²) in [4.78, 5) is 24.2. The second-order valence-corrected chi connectivity index (χ2v) is 8.76. The van der Waals surface area contributed by atoms with Gasteiger partial charge in [0.2, 0.25) is 15.9 Å². The van der Waals surface area contributed by atoms with E-state index >= 15 is 0 Å². The Balaban J connectivity index is 1.91. The zero-order valence-electron chi connectivity index (χ0n) is 15.6. The number of nitrogens with one attached hydrogen (secondary N) is 2. The SMILES string of the molecule is CN(C)S(=O)(=O)c1ccc(Cl)c(C(=O)NCCC(=O)NCc2ccccc2)c1. The molecule has 9 heteroatoms. The smallest absolute Gasteiger partial charge is 0.252 e. The van der Waals surface area contributed by atoms with E-state index in [1.165, 1.54) is 32.3 Å². The van der Waals surface area contributed by atoms with Crippen LogP contribution in [0.1, 0.15) is 22.3 Å². The first-order valence-corrected chi connectivity index (χ1v) is 10.3. The molecule has 2 amide bonds. The third-order valence-corrected chi connectivity index (χ3v) is 6.07. The van der Waals surface area contributed by atoms with Crippen LogP contribution in [0.15, 0.2) is 53.4 Å². The molecule has 0 aliphatic rings. The van der Waals surface area contributed by atoms with Crippen molar-refractivity contribution in [1.29, 1.82) is 0 Å². The molecule has 0 fully saturated rings. The van der Waals surface area contributed by atoms with Gasteiger partial charge >= 0.3 is 0 Å². The Morgan fingerprint density at radius 1 is 1.04 bits per heavy atom.